The molecule has 3 N–H and O–H groups in total. The summed E-state index contributed by atoms with van der Waals surface area (Å²) in [6.45, 7) is 0. The Hall–Kier alpha value is -3.20. The molecule has 0 aliphatic heterocycles. The number of aromatic nitrogens is 1. The molecule has 0 aliphatic carbocycles. The average molecular weight is 462 g/mol. The van der Waals surface area contributed by atoms with Crippen molar-refractivity contribution >= 4 is 46.4 Å². The summed E-state index contributed by atoms with van der Waals surface area (Å²) in [4.78, 5) is 5.07. The third-order valence-corrected chi connectivity index (χ3v) is 5.62. The van der Waals surface area contributed by atoms with Gasteiger partial charge in [-0.15, -0.1) is 11.3 Å². The molecule has 2 heterocycles. The number of furan rings is 1. The number of phenols is 3. The Labute approximate surface area is 184 Å². The van der Waals surface area contributed by atoms with Crippen molar-refractivity contribution in [2.45, 2.75) is 0 Å². The van der Waals surface area contributed by atoms with Crippen molar-refractivity contribution in [3.05, 3.63) is 74.5 Å². The molecule has 0 amide bonds. The molecular weight excluding hydrogens is 449 g/mol. The average Bonchev–Trinajstić information content (AvgIpc) is 3.38. The second-order valence-corrected chi connectivity index (χ2v) is 7.67. The summed E-state index contributed by atoms with van der Waals surface area (Å²) in [5, 5.41) is 36.3. The van der Waals surface area contributed by atoms with E-state index in [0.29, 0.717) is 32.0 Å². The van der Waals surface area contributed by atoms with E-state index < -0.39 is 17.2 Å². The minimum atomic E-state index is -0.624. The van der Waals surface area contributed by atoms with Crippen LogP contribution in [0.3, 0.4) is 0 Å². The van der Waals surface area contributed by atoms with E-state index >= 15 is 0 Å². The highest BCUT2D eigenvalue weighted by Crippen LogP contribution is 2.36. The summed E-state index contributed by atoms with van der Waals surface area (Å²) >= 11 is 13.4. The molecule has 10 heteroatoms. The van der Waals surface area contributed by atoms with Crippen LogP contribution in [-0.2, 0) is 0 Å². The molecule has 0 saturated heterocycles. The molecule has 2 aromatic carbocycles. The minimum Gasteiger partial charge on any atom is -0.504 e. The summed E-state index contributed by atoms with van der Waals surface area (Å²) in [5.41, 5.74) is 1.41. The first-order chi connectivity index (χ1) is 14.4. The summed E-state index contributed by atoms with van der Waals surface area (Å²) in [6.07, 6.45) is 2.88. The molecule has 0 aliphatic rings. The van der Waals surface area contributed by atoms with E-state index in [1.807, 2.05) is 5.38 Å². The van der Waals surface area contributed by atoms with Crippen LogP contribution in [0.25, 0.3) is 11.5 Å². The van der Waals surface area contributed by atoms with Crippen LogP contribution in [0.4, 0.5) is 5.69 Å². The van der Waals surface area contributed by atoms with Gasteiger partial charge in [0.2, 0.25) is 10.6 Å². The number of aromatic hydroxyl groups is 3. The van der Waals surface area contributed by atoms with Crippen molar-refractivity contribution < 1.29 is 19.7 Å². The second-order valence-electron chi connectivity index (χ2n) is 6.02. The smallest absolute Gasteiger partial charge is 0.211 e. The quantitative estimate of drug-likeness (QED) is 0.281. The molecule has 2 aromatic heterocycles. The normalized spacial score (nSPS) is 12.1. The van der Waals surface area contributed by atoms with Crippen molar-refractivity contribution in [1.29, 1.82) is 0 Å². The van der Waals surface area contributed by atoms with Crippen LogP contribution in [0.15, 0.2) is 68.6 Å². The molecule has 0 saturated carbocycles. The maximum atomic E-state index is 10.0. The van der Waals surface area contributed by atoms with Gasteiger partial charge >= 0.3 is 0 Å². The largest absolute Gasteiger partial charge is 0.504 e. The molecule has 0 bridgehead atoms. The Bertz CT molecular complexity index is 1310. The lowest BCUT2D eigenvalue weighted by atomic mass is 10.2. The Balaban J connectivity index is 1.84. The van der Waals surface area contributed by atoms with E-state index in [2.05, 4.69) is 10.1 Å². The summed E-state index contributed by atoms with van der Waals surface area (Å²) in [5.74, 6) is -0.977. The number of halogens is 2. The van der Waals surface area contributed by atoms with E-state index in [0.717, 1.165) is 0 Å². The molecule has 0 fully saturated rings. The number of phenolic OH excluding ortho intramolecular Hbond substituents is 3. The number of hydrogen-bond donors (Lipinski definition) is 3. The number of rotatable bonds is 4. The third kappa shape index (κ3) is 3.93. The number of hydrogen-bond acceptors (Lipinski definition) is 7. The highest BCUT2D eigenvalue weighted by Gasteiger charge is 2.12. The summed E-state index contributed by atoms with van der Waals surface area (Å²) in [6, 6.07) is 11.2. The van der Waals surface area contributed by atoms with Gasteiger partial charge in [-0.1, -0.05) is 23.2 Å². The van der Waals surface area contributed by atoms with Gasteiger partial charge in [-0.2, -0.15) is 5.10 Å². The standard InChI is InChI=1S/C20H13Cl2N3O4S/c21-13-5-4-12(8-14(13)22)24-20-25(15(10-30-20)17-2-1-7-29-17)23-9-11-3-6-16(26)19(28)18(11)27/h1-10,26-28H. The number of thiazole rings is 1. The molecular formula is C20H13Cl2N3O4S. The predicted molar refractivity (Wildman–Crippen MR) is 116 cm³/mol. The minimum absolute atomic E-state index is 0.204. The van der Waals surface area contributed by atoms with Crippen molar-refractivity contribution in [1.82, 2.24) is 4.68 Å². The van der Waals surface area contributed by atoms with Gasteiger partial charge in [0.15, 0.2) is 17.3 Å². The Morgan fingerprint density at radius 2 is 1.83 bits per heavy atom. The van der Waals surface area contributed by atoms with Crippen LogP contribution >= 0.6 is 34.5 Å². The molecule has 0 radical (unpaired) electrons. The third-order valence-electron chi connectivity index (χ3n) is 4.06. The monoisotopic (exact) mass is 461 g/mol. The van der Waals surface area contributed by atoms with Crippen LogP contribution in [0.5, 0.6) is 17.2 Å². The van der Waals surface area contributed by atoms with Gasteiger partial charge in [-0.25, -0.2) is 9.67 Å². The van der Waals surface area contributed by atoms with Gasteiger partial charge in [0.25, 0.3) is 0 Å². The Kier molecular flexibility index (Phi) is 5.54. The van der Waals surface area contributed by atoms with E-state index in [4.69, 9.17) is 27.6 Å². The molecule has 0 atom stereocenters. The molecule has 0 spiro atoms. The number of nitrogens with zero attached hydrogens (tertiary/aromatic N) is 3. The summed E-state index contributed by atoms with van der Waals surface area (Å²) < 4.78 is 7.00. The van der Waals surface area contributed by atoms with Gasteiger partial charge in [-0.05, 0) is 42.5 Å². The van der Waals surface area contributed by atoms with E-state index in [-0.39, 0.29) is 5.56 Å². The van der Waals surface area contributed by atoms with Gasteiger partial charge in [0.05, 0.1) is 28.2 Å². The van der Waals surface area contributed by atoms with Crippen molar-refractivity contribution in [2.24, 2.45) is 10.1 Å². The zero-order valence-corrected chi connectivity index (χ0v) is 17.4. The Morgan fingerprint density at radius 3 is 2.57 bits per heavy atom. The van der Waals surface area contributed by atoms with Crippen LogP contribution in [-0.4, -0.2) is 26.2 Å². The molecule has 4 aromatic rings. The van der Waals surface area contributed by atoms with Crippen LogP contribution in [0, 0.1) is 0 Å². The second kappa shape index (κ2) is 8.27. The highest BCUT2D eigenvalue weighted by molar-refractivity contribution is 7.07. The predicted octanol–water partition coefficient (Wildman–Crippen LogP) is 5.35. The molecule has 30 heavy (non-hydrogen) atoms. The zero-order chi connectivity index (χ0) is 21.3. The van der Waals surface area contributed by atoms with E-state index in [1.165, 1.54) is 34.4 Å². The summed E-state index contributed by atoms with van der Waals surface area (Å²) in [7, 11) is 0. The van der Waals surface area contributed by atoms with E-state index in [1.54, 1.807) is 36.6 Å². The highest BCUT2D eigenvalue weighted by atomic mass is 35.5. The van der Waals surface area contributed by atoms with E-state index in [9.17, 15) is 15.3 Å². The van der Waals surface area contributed by atoms with Crippen molar-refractivity contribution in [3.63, 3.8) is 0 Å². The first-order valence-electron chi connectivity index (χ1n) is 8.46. The van der Waals surface area contributed by atoms with Gasteiger partial charge in [-0.3, -0.25) is 0 Å². The lowest BCUT2D eigenvalue weighted by Gasteiger charge is -2.04. The first kappa shape index (κ1) is 20.1. The maximum absolute atomic E-state index is 10.0. The SMILES string of the molecule is Oc1ccc(C=Nn2c(-c3ccco3)csc2=Nc2ccc(Cl)c(Cl)c2)c(O)c1O. The first-order valence-corrected chi connectivity index (χ1v) is 10.1. The van der Waals surface area contributed by atoms with Crippen molar-refractivity contribution in [2.75, 3.05) is 0 Å². The van der Waals surface area contributed by atoms with Crippen LogP contribution < -0.4 is 4.80 Å². The topological polar surface area (TPSA) is 103 Å². The van der Waals surface area contributed by atoms with Crippen LogP contribution in [0.1, 0.15) is 5.56 Å². The Morgan fingerprint density at radius 1 is 1.00 bits per heavy atom. The lowest BCUT2D eigenvalue weighted by Crippen LogP contribution is -2.11. The van der Waals surface area contributed by atoms with Gasteiger partial charge in [0, 0.05) is 10.9 Å². The van der Waals surface area contributed by atoms with Crippen molar-refractivity contribution in [3.8, 4) is 28.7 Å². The fourth-order valence-corrected chi connectivity index (χ4v) is 3.69. The number of benzene rings is 2. The van der Waals surface area contributed by atoms with Crippen LogP contribution in [0.2, 0.25) is 10.0 Å². The van der Waals surface area contributed by atoms with Gasteiger partial charge < -0.3 is 19.7 Å². The molecule has 0 unspecified atom stereocenters. The lowest BCUT2D eigenvalue weighted by molar-refractivity contribution is 0.367. The molecule has 4 rings (SSSR count). The van der Waals surface area contributed by atoms with Gasteiger partial charge in [0.1, 0.15) is 5.69 Å². The molecule has 7 nitrogen and oxygen atoms in total. The fraction of sp³-hybridized carbons (Fsp3) is 0. The fourth-order valence-electron chi connectivity index (χ4n) is 2.56. The molecule has 152 valence electrons. The zero-order valence-electron chi connectivity index (χ0n) is 15.0. The maximum Gasteiger partial charge on any atom is 0.211 e.